The summed E-state index contributed by atoms with van der Waals surface area (Å²) in [7, 11) is 1.67. The molecular weight excluding hydrogens is 238 g/mol. The summed E-state index contributed by atoms with van der Waals surface area (Å²) < 4.78 is 11.2. The molecule has 3 nitrogen and oxygen atoms in total. The van der Waals surface area contributed by atoms with Crippen molar-refractivity contribution in [1.82, 2.24) is 0 Å². The third-order valence-electron chi connectivity index (χ3n) is 3.56. The van der Waals surface area contributed by atoms with Gasteiger partial charge in [0.1, 0.15) is 17.6 Å². The maximum atomic E-state index is 6.28. The fourth-order valence-electron chi connectivity index (χ4n) is 2.53. The average Bonchev–Trinajstić information content (AvgIpc) is 2.76. The van der Waals surface area contributed by atoms with Crippen LogP contribution in [-0.4, -0.2) is 13.2 Å². The van der Waals surface area contributed by atoms with E-state index in [0.29, 0.717) is 0 Å². The summed E-state index contributed by atoms with van der Waals surface area (Å²) in [4.78, 5) is 0. The molecule has 2 aromatic rings. The maximum Gasteiger partial charge on any atom is 0.122 e. The van der Waals surface area contributed by atoms with Gasteiger partial charge in [-0.15, -0.1) is 0 Å². The van der Waals surface area contributed by atoms with E-state index in [2.05, 4.69) is 6.07 Å². The minimum atomic E-state index is -0.106. The number of benzene rings is 2. The lowest BCUT2D eigenvalue weighted by Crippen LogP contribution is -2.27. The molecule has 0 amide bonds. The molecule has 0 saturated heterocycles. The molecule has 0 aliphatic heterocycles. The highest BCUT2D eigenvalue weighted by molar-refractivity contribution is 5.42. The van der Waals surface area contributed by atoms with Crippen molar-refractivity contribution in [2.45, 2.75) is 18.6 Å². The van der Waals surface area contributed by atoms with Crippen molar-refractivity contribution in [2.75, 3.05) is 7.11 Å². The number of rotatable bonds is 3. The lowest BCUT2D eigenvalue weighted by atomic mass is 10.1. The lowest BCUT2D eigenvalue weighted by molar-refractivity contribution is 0.185. The van der Waals surface area contributed by atoms with E-state index in [0.717, 1.165) is 23.5 Å². The van der Waals surface area contributed by atoms with Crippen LogP contribution < -0.4 is 15.2 Å². The molecule has 98 valence electrons. The molecule has 19 heavy (non-hydrogen) atoms. The van der Waals surface area contributed by atoms with E-state index >= 15 is 0 Å². The molecule has 3 rings (SSSR count). The van der Waals surface area contributed by atoms with Crippen molar-refractivity contribution in [2.24, 2.45) is 5.73 Å². The van der Waals surface area contributed by atoms with Crippen LogP contribution in [0.25, 0.3) is 0 Å². The first kappa shape index (κ1) is 12.1. The van der Waals surface area contributed by atoms with Gasteiger partial charge in [0.25, 0.3) is 0 Å². The molecule has 1 aliphatic carbocycles. The van der Waals surface area contributed by atoms with Gasteiger partial charge in [-0.1, -0.05) is 24.3 Å². The second kappa shape index (κ2) is 4.94. The third kappa shape index (κ3) is 2.29. The number of para-hydroxylation sites is 1. The smallest absolute Gasteiger partial charge is 0.122 e. The first-order valence-corrected chi connectivity index (χ1v) is 6.42. The Labute approximate surface area is 113 Å². The zero-order chi connectivity index (χ0) is 13.2. The Morgan fingerprint density at radius 1 is 1.05 bits per heavy atom. The van der Waals surface area contributed by atoms with Crippen molar-refractivity contribution in [3.63, 3.8) is 0 Å². The van der Waals surface area contributed by atoms with Gasteiger partial charge in [0.15, 0.2) is 0 Å². The highest BCUT2D eigenvalue weighted by Crippen LogP contribution is 2.34. The van der Waals surface area contributed by atoms with Crippen molar-refractivity contribution in [1.29, 1.82) is 0 Å². The molecule has 0 bridgehead atoms. The Balaban J connectivity index is 1.81. The SMILES string of the molecule is COc1ccc2c(c1)C(N)C(Oc1ccccc1)C2. The zero-order valence-electron chi connectivity index (χ0n) is 10.9. The molecule has 0 fully saturated rings. The van der Waals surface area contributed by atoms with Gasteiger partial charge in [-0.3, -0.25) is 0 Å². The van der Waals surface area contributed by atoms with E-state index in [1.54, 1.807) is 7.11 Å². The monoisotopic (exact) mass is 255 g/mol. The van der Waals surface area contributed by atoms with E-state index < -0.39 is 0 Å². The fourth-order valence-corrected chi connectivity index (χ4v) is 2.53. The normalized spacial score (nSPS) is 20.9. The summed E-state index contributed by atoms with van der Waals surface area (Å²) in [6.45, 7) is 0. The number of ether oxygens (including phenoxy) is 2. The van der Waals surface area contributed by atoms with Crippen LogP contribution in [0.2, 0.25) is 0 Å². The van der Waals surface area contributed by atoms with Crippen molar-refractivity contribution < 1.29 is 9.47 Å². The minimum absolute atomic E-state index is 0.00972. The summed E-state index contributed by atoms with van der Waals surface area (Å²) >= 11 is 0. The second-order valence-electron chi connectivity index (χ2n) is 4.76. The molecule has 0 radical (unpaired) electrons. The molecule has 0 saturated carbocycles. The van der Waals surface area contributed by atoms with E-state index in [1.807, 2.05) is 42.5 Å². The minimum Gasteiger partial charge on any atom is -0.497 e. The van der Waals surface area contributed by atoms with Gasteiger partial charge < -0.3 is 15.2 Å². The molecule has 0 aromatic heterocycles. The van der Waals surface area contributed by atoms with Crippen molar-refractivity contribution >= 4 is 0 Å². The van der Waals surface area contributed by atoms with Gasteiger partial charge in [-0.2, -0.15) is 0 Å². The second-order valence-corrected chi connectivity index (χ2v) is 4.76. The highest BCUT2D eigenvalue weighted by atomic mass is 16.5. The average molecular weight is 255 g/mol. The number of methoxy groups -OCH3 is 1. The zero-order valence-corrected chi connectivity index (χ0v) is 10.9. The van der Waals surface area contributed by atoms with Crippen LogP contribution in [0.4, 0.5) is 0 Å². The van der Waals surface area contributed by atoms with Gasteiger partial charge in [-0.25, -0.2) is 0 Å². The summed E-state index contributed by atoms with van der Waals surface area (Å²) in [5, 5.41) is 0. The molecule has 2 unspecified atom stereocenters. The van der Waals surface area contributed by atoms with E-state index in [9.17, 15) is 0 Å². The van der Waals surface area contributed by atoms with Gasteiger partial charge in [0.2, 0.25) is 0 Å². The lowest BCUT2D eigenvalue weighted by Gasteiger charge is -2.18. The quantitative estimate of drug-likeness (QED) is 0.917. The largest absolute Gasteiger partial charge is 0.497 e. The van der Waals surface area contributed by atoms with Crippen LogP contribution in [-0.2, 0) is 6.42 Å². The van der Waals surface area contributed by atoms with Crippen LogP contribution in [0.15, 0.2) is 48.5 Å². The highest BCUT2D eigenvalue weighted by Gasteiger charge is 2.31. The van der Waals surface area contributed by atoms with Crippen molar-refractivity contribution in [3.8, 4) is 11.5 Å². The Morgan fingerprint density at radius 3 is 2.58 bits per heavy atom. The first-order valence-electron chi connectivity index (χ1n) is 6.42. The van der Waals surface area contributed by atoms with Gasteiger partial charge in [-0.05, 0) is 35.4 Å². The molecule has 2 atom stereocenters. The summed E-state index contributed by atoms with van der Waals surface area (Å²) in [6, 6.07) is 15.8. The van der Waals surface area contributed by atoms with E-state index in [4.69, 9.17) is 15.2 Å². The molecule has 1 aliphatic rings. The molecule has 0 spiro atoms. The molecule has 2 N–H and O–H groups in total. The predicted molar refractivity (Wildman–Crippen MR) is 74.5 cm³/mol. The van der Waals surface area contributed by atoms with Gasteiger partial charge >= 0.3 is 0 Å². The maximum absolute atomic E-state index is 6.28. The predicted octanol–water partition coefficient (Wildman–Crippen LogP) is 2.70. The Kier molecular flexibility index (Phi) is 3.13. The van der Waals surface area contributed by atoms with E-state index in [-0.39, 0.29) is 12.1 Å². The third-order valence-corrected chi connectivity index (χ3v) is 3.56. The van der Waals surface area contributed by atoms with Crippen molar-refractivity contribution in [3.05, 3.63) is 59.7 Å². The first-order chi connectivity index (χ1) is 9.28. The Hall–Kier alpha value is -2.00. The standard InChI is InChI=1S/C16H17NO2/c1-18-13-8-7-11-9-15(16(17)14(11)10-13)19-12-5-3-2-4-6-12/h2-8,10,15-16H,9,17H2,1H3. The number of hydrogen-bond donors (Lipinski definition) is 1. The molecule has 0 heterocycles. The summed E-state index contributed by atoms with van der Waals surface area (Å²) in [5.41, 5.74) is 8.65. The topological polar surface area (TPSA) is 44.5 Å². The van der Waals surface area contributed by atoms with Gasteiger partial charge in [0.05, 0.1) is 13.2 Å². The number of fused-ring (bicyclic) bond motifs is 1. The number of nitrogens with two attached hydrogens (primary N) is 1. The van der Waals surface area contributed by atoms with Crippen LogP contribution in [0.1, 0.15) is 17.2 Å². The molecular formula is C16H17NO2. The Bertz CT molecular complexity index is 568. The summed E-state index contributed by atoms with van der Waals surface area (Å²) in [5.74, 6) is 1.71. The fraction of sp³-hybridized carbons (Fsp3) is 0.250. The van der Waals surface area contributed by atoms with Crippen LogP contribution in [0.5, 0.6) is 11.5 Å². The van der Waals surface area contributed by atoms with Gasteiger partial charge in [0, 0.05) is 6.42 Å². The van der Waals surface area contributed by atoms with Crippen LogP contribution in [0.3, 0.4) is 0 Å². The summed E-state index contributed by atoms with van der Waals surface area (Å²) in [6.07, 6.45) is 0.833. The molecule has 3 heteroatoms. The Morgan fingerprint density at radius 2 is 1.84 bits per heavy atom. The molecule has 2 aromatic carbocycles. The van der Waals surface area contributed by atoms with Crippen LogP contribution in [0, 0.1) is 0 Å². The van der Waals surface area contributed by atoms with Crippen LogP contribution >= 0.6 is 0 Å². The number of hydrogen-bond acceptors (Lipinski definition) is 3. The van der Waals surface area contributed by atoms with E-state index in [1.165, 1.54) is 5.56 Å².